The molecule has 2 N–H and O–H groups in total. The standard InChI is InChI=1S/C14H22N2O2S/c1-2-10-19(17,18)14-8-4-3-7-13(14)16-9-5-6-12(15)11-16/h3-4,7-8,12H,2,5-6,9-11,15H2,1H3/t12-/m1/s1. The summed E-state index contributed by atoms with van der Waals surface area (Å²) in [6.07, 6.45) is 2.67. The van der Waals surface area contributed by atoms with Gasteiger partial charge in [0.15, 0.2) is 9.84 Å². The summed E-state index contributed by atoms with van der Waals surface area (Å²) in [6, 6.07) is 7.41. The molecule has 0 spiro atoms. The quantitative estimate of drug-likeness (QED) is 0.914. The normalized spacial score (nSPS) is 20.5. The molecule has 0 unspecified atom stereocenters. The average Bonchev–Trinajstić information content (AvgIpc) is 2.39. The molecule has 1 aliphatic rings. The molecule has 1 heterocycles. The Morgan fingerprint density at radius 3 is 2.79 bits per heavy atom. The van der Waals surface area contributed by atoms with E-state index in [-0.39, 0.29) is 11.8 Å². The van der Waals surface area contributed by atoms with E-state index in [1.54, 1.807) is 12.1 Å². The van der Waals surface area contributed by atoms with Crippen molar-refractivity contribution in [2.75, 3.05) is 23.7 Å². The number of nitrogens with zero attached hydrogens (tertiary/aromatic N) is 1. The molecule has 0 bridgehead atoms. The van der Waals surface area contributed by atoms with Crippen molar-refractivity contribution >= 4 is 15.5 Å². The van der Waals surface area contributed by atoms with Crippen molar-refractivity contribution in [3.05, 3.63) is 24.3 Å². The van der Waals surface area contributed by atoms with Crippen LogP contribution in [0.15, 0.2) is 29.2 Å². The fourth-order valence-electron chi connectivity index (χ4n) is 2.59. The van der Waals surface area contributed by atoms with Gasteiger partial charge in [0.1, 0.15) is 0 Å². The lowest BCUT2D eigenvalue weighted by atomic mass is 10.1. The van der Waals surface area contributed by atoms with Crippen LogP contribution in [0.5, 0.6) is 0 Å². The number of rotatable bonds is 4. The SMILES string of the molecule is CCCS(=O)(=O)c1ccccc1N1CCC[C@@H](N)C1. The molecule has 0 saturated carbocycles. The van der Waals surface area contributed by atoms with Gasteiger partial charge in [0, 0.05) is 19.1 Å². The lowest BCUT2D eigenvalue weighted by molar-refractivity contribution is 0.503. The predicted octanol–water partition coefficient (Wildman–Crippen LogP) is 1.80. The van der Waals surface area contributed by atoms with Crippen LogP contribution < -0.4 is 10.6 Å². The molecule has 5 heteroatoms. The second-order valence-corrected chi connectivity index (χ2v) is 7.21. The number of anilines is 1. The minimum absolute atomic E-state index is 0.135. The van der Waals surface area contributed by atoms with Crippen molar-refractivity contribution in [2.24, 2.45) is 5.73 Å². The highest BCUT2D eigenvalue weighted by atomic mass is 32.2. The van der Waals surface area contributed by atoms with Crippen LogP contribution in [0.4, 0.5) is 5.69 Å². The topological polar surface area (TPSA) is 63.4 Å². The molecule has 0 amide bonds. The van der Waals surface area contributed by atoms with Crippen LogP contribution in [0, 0.1) is 0 Å². The fraction of sp³-hybridized carbons (Fsp3) is 0.571. The Morgan fingerprint density at radius 2 is 2.11 bits per heavy atom. The minimum Gasteiger partial charge on any atom is -0.369 e. The van der Waals surface area contributed by atoms with Gasteiger partial charge in [-0.2, -0.15) is 0 Å². The van der Waals surface area contributed by atoms with E-state index >= 15 is 0 Å². The molecule has 0 aliphatic carbocycles. The van der Waals surface area contributed by atoms with Crippen LogP contribution in [0.1, 0.15) is 26.2 Å². The summed E-state index contributed by atoms with van der Waals surface area (Å²) in [5.41, 5.74) is 6.80. The lowest BCUT2D eigenvalue weighted by Crippen LogP contribution is -2.43. The van der Waals surface area contributed by atoms with E-state index in [0.29, 0.717) is 11.3 Å². The van der Waals surface area contributed by atoms with Crippen LogP contribution in [0.2, 0.25) is 0 Å². The Balaban J connectivity index is 2.36. The van der Waals surface area contributed by atoms with Crippen LogP contribution in [0.3, 0.4) is 0 Å². The number of nitrogens with two attached hydrogens (primary N) is 1. The molecule has 1 aromatic carbocycles. The summed E-state index contributed by atoms with van der Waals surface area (Å²) in [5, 5.41) is 0. The van der Waals surface area contributed by atoms with Gasteiger partial charge in [-0.3, -0.25) is 0 Å². The summed E-state index contributed by atoms with van der Waals surface area (Å²) < 4.78 is 24.6. The third kappa shape index (κ3) is 3.28. The maximum atomic E-state index is 12.3. The highest BCUT2D eigenvalue weighted by molar-refractivity contribution is 7.91. The molecule has 4 nitrogen and oxygen atoms in total. The predicted molar refractivity (Wildman–Crippen MR) is 78.2 cm³/mol. The van der Waals surface area contributed by atoms with Crippen molar-refractivity contribution in [3.8, 4) is 0 Å². The van der Waals surface area contributed by atoms with Gasteiger partial charge in [0.2, 0.25) is 0 Å². The van der Waals surface area contributed by atoms with E-state index in [0.717, 1.165) is 31.6 Å². The maximum absolute atomic E-state index is 12.3. The third-order valence-electron chi connectivity index (χ3n) is 3.47. The van der Waals surface area contributed by atoms with Gasteiger partial charge in [-0.15, -0.1) is 0 Å². The van der Waals surface area contributed by atoms with E-state index in [9.17, 15) is 8.42 Å². The number of para-hydroxylation sites is 1. The number of hydrogen-bond donors (Lipinski definition) is 1. The van der Waals surface area contributed by atoms with Gasteiger partial charge < -0.3 is 10.6 Å². The van der Waals surface area contributed by atoms with Crippen molar-refractivity contribution in [2.45, 2.75) is 37.1 Å². The molecule has 106 valence electrons. The molecule has 1 fully saturated rings. The van der Waals surface area contributed by atoms with Crippen molar-refractivity contribution in [1.82, 2.24) is 0 Å². The first-order valence-corrected chi connectivity index (χ1v) is 8.52. The molecule has 0 radical (unpaired) electrons. The summed E-state index contributed by atoms with van der Waals surface area (Å²) in [4.78, 5) is 2.56. The van der Waals surface area contributed by atoms with Gasteiger partial charge in [0.25, 0.3) is 0 Å². The Morgan fingerprint density at radius 1 is 1.37 bits per heavy atom. The lowest BCUT2D eigenvalue weighted by Gasteiger charge is -2.33. The van der Waals surface area contributed by atoms with E-state index < -0.39 is 9.84 Å². The molecule has 2 rings (SSSR count). The van der Waals surface area contributed by atoms with Crippen LogP contribution in [0.25, 0.3) is 0 Å². The molecule has 1 aliphatic heterocycles. The summed E-state index contributed by atoms with van der Waals surface area (Å²) >= 11 is 0. The Labute approximate surface area is 115 Å². The number of hydrogen-bond acceptors (Lipinski definition) is 4. The van der Waals surface area contributed by atoms with Crippen LogP contribution >= 0.6 is 0 Å². The van der Waals surface area contributed by atoms with Crippen LogP contribution in [-0.4, -0.2) is 33.3 Å². The Hall–Kier alpha value is -1.07. The average molecular weight is 282 g/mol. The number of benzene rings is 1. The van der Waals surface area contributed by atoms with Gasteiger partial charge in [0.05, 0.1) is 16.3 Å². The molecule has 1 aromatic rings. The zero-order valence-corrected chi connectivity index (χ0v) is 12.2. The van der Waals surface area contributed by atoms with Gasteiger partial charge in [-0.25, -0.2) is 8.42 Å². The third-order valence-corrected chi connectivity index (χ3v) is 5.43. The first-order chi connectivity index (χ1) is 9.04. The minimum atomic E-state index is -3.19. The summed E-state index contributed by atoms with van der Waals surface area (Å²) in [6.45, 7) is 3.50. The van der Waals surface area contributed by atoms with Crippen LogP contribution in [-0.2, 0) is 9.84 Å². The summed E-state index contributed by atoms with van der Waals surface area (Å²) in [7, 11) is -3.19. The highest BCUT2D eigenvalue weighted by Crippen LogP contribution is 2.28. The molecular weight excluding hydrogens is 260 g/mol. The zero-order valence-electron chi connectivity index (χ0n) is 11.4. The Bertz CT molecular complexity index is 528. The van der Waals surface area contributed by atoms with Crippen molar-refractivity contribution in [3.63, 3.8) is 0 Å². The summed E-state index contributed by atoms with van der Waals surface area (Å²) in [5.74, 6) is 0.198. The molecule has 1 saturated heterocycles. The molecule has 0 aromatic heterocycles. The van der Waals surface area contributed by atoms with Gasteiger partial charge in [-0.05, 0) is 31.4 Å². The van der Waals surface area contributed by atoms with E-state index in [1.165, 1.54) is 0 Å². The fourth-order valence-corrected chi connectivity index (χ4v) is 4.15. The monoisotopic (exact) mass is 282 g/mol. The van der Waals surface area contributed by atoms with Gasteiger partial charge >= 0.3 is 0 Å². The van der Waals surface area contributed by atoms with E-state index in [4.69, 9.17) is 5.73 Å². The highest BCUT2D eigenvalue weighted by Gasteiger charge is 2.24. The molecular formula is C14H22N2O2S. The van der Waals surface area contributed by atoms with Gasteiger partial charge in [-0.1, -0.05) is 19.1 Å². The first-order valence-electron chi connectivity index (χ1n) is 6.87. The van der Waals surface area contributed by atoms with E-state index in [1.807, 2.05) is 19.1 Å². The second kappa shape index (κ2) is 5.92. The van der Waals surface area contributed by atoms with Crippen molar-refractivity contribution in [1.29, 1.82) is 0 Å². The van der Waals surface area contributed by atoms with E-state index in [2.05, 4.69) is 4.90 Å². The first kappa shape index (κ1) is 14.3. The zero-order chi connectivity index (χ0) is 13.9. The molecule has 19 heavy (non-hydrogen) atoms. The largest absolute Gasteiger partial charge is 0.369 e. The number of sulfone groups is 1. The smallest absolute Gasteiger partial charge is 0.180 e. The van der Waals surface area contributed by atoms with Crippen molar-refractivity contribution < 1.29 is 8.42 Å². The second-order valence-electron chi connectivity index (χ2n) is 5.13. The Kier molecular flexibility index (Phi) is 4.47. The number of piperidine rings is 1. The maximum Gasteiger partial charge on any atom is 0.180 e. The molecule has 1 atom stereocenters.